The van der Waals surface area contributed by atoms with E-state index in [-0.39, 0.29) is 30.7 Å². The van der Waals surface area contributed by atoms with Crippen LogP contribution in [-0.4, -0.2) is 12.6 Å². The topological polar surface area (TPSA) is 76.1 Å². The van der Waals surface area contributed by atoms with Gasteiger partial charge in [-0.2, -0.15) is 18.4 Å². The van der Waals surface area contributed by atoms with E-state index in [1.807, 2.05) is 6.07 Å². The SMILES string of the molecule is CCOC(=O)C(C)(CCC#N)c1ccc(C(F)(F)F)cc1N. The second kappa shape index (κ2) is 6.69. The average Bonchev–Trinajstić information content (AvgIpc) is 2.43. The molecule has 0 heterocycles. The number of carbonyl (C=O) groups excluding carboxylic acids is 1. The lowest BCUT2D eigenvalue weighted by Gasteiger charge is -2.28. The lowest BCUT2D eigenvalue weighted by Crippen LogP contribution is -2.35. The van der Waals surface area contributed by atoms with Crippen LogP contribution in [-0.2, 0) is 21.1 Å². The van der Waals surface area contributed by atoms with E-state index in [1.54, 1.807) is 6.92 Å². The standard InChI is InChI=1S/C15H17F3N2O2/c1-3-22-13(21)14(2,7-4-8-19)11-6-5-10(9-12(11)20)15(16,17)18/h5-6,9H,3-4,7,20H2,1-2H3. The van der Waals surface area contributed by atoms with Crippen molar-refractivity contribution < 1.29 is 22.7 Å². The van der Waals surface area contributed by atoms with Crippen LogP contribution in [0.25, 0.3) is 0 Å². The van der Waals surface area contributed by atoms with Crippen LogP contribution in [0.2, 0.25) is 0 Å². The Hall–Kier alpha value is -2.23. The number of carbonyl (C=O) groups is 1. The zero-order valence-corrected chi connectivity index (χ0v) is 12.3. The van der Waals surface area contributed by atoms with E-state index >= 15 is 0 Å². The summed E-state index contributed by atoms with van der Waals surface area (Å²) < 4.78 is 43.0. The second-order valence-corrected chi connectivity index (χ2v) is 5.01. The molecule has 0 aliphatic rings. The lowest BCUT2D eigenvalue weighted by atomic mass is 9.77. The molecule has 7 heteroatoms. The summed E-state index contributed by atoms with van der Waals surface area (Å²) in [5.41, 5.74) is 3.65. The zero-order valence-electron chi connectivity index (χ0n) is 12.3. The van der Waals surface area contributed by atoms with Gasteiger partial charge in [-0.3, -0.25) is 4.79 Å². The fraction of sp³-hybridized carbons (Fsp3) is 0.467. The van der Waals surface area contributed by atoms with Crippen LogP contribution < -0.4 is 5.73 Å². The van der Waals surface area contributed by atoms with E-state index in [9.17, 15) is 18.0 Å². The Kier molecular flexibility index (Phi) is 5.42. The van der Waals surface area contributed by atoms with Crippen LogP contribution in [0.15, 0.2) is 18.2 Å². The number of benzene rings is 1. The quantitative estimate of drug-likeness (QED) is 0.667. The van der Waals surface area contributed by atoms with Crippen LogP contribution in [0.1, 0.15) is 37.8 Å². The number of nitrogens with two attached hydrogens (primary N) is 1. The van der Waals surface area contributed by atoms with E-state index in [4.69, 9.17) is 15.7 Å². The number of nitrogens with zero attached hydrogens (tertiary/aromatic N) is 1. The third-order valence-corrected chi connectivity index (χ3v) is 3.44. The van der Waals surface area contributed by atoms with Gasteiger partial charge in [0.15, 0.2) is 0 Å². The van der Waals surface area contributed by atoms with E-state index in [0.29, 0.717) is 0 Å². The number of halogens is 3. The fourth-order valence-electron chi connectivity index (χ4n) is 2.18. The van der Waals surface area contributed by atoms with Gasteiger partial charge in [-0.25, -0.2) is 0 Å². The minimum absolute atomic E-state index is 0.0514. The predicted molar refractivity (Wildman–Crippen MR) is 74.7 cm³/mol. The Morgan fingerprint density at radius 3 is 2.50 bits per heavy atom. The minimum atomic E-state index is -4.51. The van der Waals surface area contributed by atoms with Crippen molar-refractivity contribution in [3.63, 3.8) is 0 Å². The largest absolute Gasteiger partial charge is 0.465 e. The number of anilines is 1. The van der Waals surface area contributed by atoms with Crippen LogP contribution in [0, 0.1) is 11.3 Å². The first-order valence-electron chi connectivity index (χ1n) is 6.68. The third-order valence-electron chi connectivity index (χ3n) is 3.44. The number of nitriles is 1. The number of rotatable bonds is 5. The smallest absolute Gasteiger partial charge is 0.416 e. The first-order valence-corrected chi connectivity index (χ1v) is 6.68. The lowest BCUT2D eigenvalue weighted by molar-refractivity contribution is -0.149. The molecule has 0 fully saturated rings. The van der Waals surface area contributed by atoms with Gasteiger partial charge in [-0.15, -0.1) is 0 Å². The third kappa shape index (κ3) is 3.70. The number of hydrogen-bond donors (Lipinski definition) is 1. The Morgan fingerprint density at radius 1 is 1.41 bits per heavy atom. The summed E-state index contributed by atoms with van der Waals surface area (Å²) in [5, 5.41) is 8.73. The maximum Gasteiger partial charge on any atom is 0.416 e. The molecule has 0 saturated heterocycles. The van der Waals surface area contributed by atoms with Gasteiger partial charge in [0.25, 0.3) is 0 Å². The van der Waals surface area contributed by atoms with Crippen LogP contribution >= 0.6 is 0 Å². The maximum atomic E-state index is 12.7. The van der Waals surface area contributed by atoms with Gasteiger partial charge in [-0.1, -0.05) is 6.07 Å². The zero-order chi connectivity index (χ0) is 17.0. The summed E-state index contributed by atoms with van der Waals surface area (Å²) in [6.07, 6.45) is -4.35. The predicted octanol–water partition coefficient (Wildman–Crippen LogP) is 3.41. The summed E-state index contributed by atoms with van der Waals surface area (Å²) in [5.74, 6) is -0.614. The minimum Gasteiger partial charge on any atom is -0.465 e. The van der Waals surface area contributed by atoms with Gasteiger partial charge in [0, 0.05) is 12.1 Å². The van der Waals surface area contributed by atoms with Crippen LogP contribution in [0.3, 0.4) is 0 Å². The van der Waals surface area contributed by atoms with Gasteiger partial charge in [0.2, 0.25) is 0 Å². The summed E-state index contributed by atoms with van der Waals surface area (Å²) in [7, 11) is 0. The summed E-state index contributed by atoms with van der Waals surface area (Å²) in [6.45, 7) is 3.27. The molecular weight excluding hydrogens is 297 g/mol. The fourth-order valence-corrected chi connectivity index (χ4v) is 2.18. The molecule has 0 aromatic heterocycles. The first kappa shape index (κ1) is 17.8. The molecule has 0 bridgehead atoms. The van der Waals surface area contributed by atoms with Crippen molar-refractivity contribution in [2.45, 2.75) is 38.3 Å². The van der Waals surface area contributed by atoms with E-state index in [0.717, 1.165) is 12.1 Å². The number of nitrogen functional groups attached to an aromatic ring is 1. The molecule has 0 spiro atoms. The van der Waals surface area contributed by atoms with E-state index in [1.165, 1.54) is 13.0 Å². The Morgan fingerprint density at radius 2 is 2.05 bits per heavy atom. The summed E-state index contributed by atoms with van der Waals surface area (Å²) in [6, 6.07) is 4.75. The van der Waals surface area contributed by atoms with Gasteiger partial charge < -0.3 is 10.5 Å². The van der Waals surface area contributed by atoms with Gasteiger partial charge in [0.1, 0.15) is 0 Å². The highest BCUT2D eigenvalue weighted by Gasteiger charge is 2.39. The molecule has 0 radical (unpaired) electrons. The molecule has 4 nitrogen and oxygen atoms in total. The number of ether oxygens (including phenoxy) is 1. The van der Waals surface area contributed by atoms with Crippen LogP contribution in [0.4, 0.5) is 18.9 Å². The number of hydrogen-bond acceptors (Lipinski definition) is 4. The van der Waals surface area contributed by atoms with Crippen molar-refractivity contribution in [2.75, 3.05) is 12.3 Å². The highest BCUT2D eigenvalue weighted by molar-refractivity contribution is 5.85. The maximum absolute atomic E-state index is 12.7. The molecule has 0 aliphatic heterocycles. The molecule has 1 atom stereocenters. The highest BCUT2D eigenvalue weighted by atomic mass is 19.4. The monoisotopic (exact) mass is 314 g/mol. The number of alkyl halides is 3. The Bertz CT molecular complexity index is 593. The Balaban J connectivity index is 3.32. The first-order chi connectivity index (χ1) is 10.2. The van der Waals surface area contributed by atoms with Crippen LogP contribution in [0.5, 0.6) is 0 Å². The number of esters is 1. The average molecular weight is 314 g/mol. The van der Waals surface area contributed by atoms with Gasteiger partial charge >= 0.3 is 12.1 Å². The molecule has 22 heavy (non-hydrogen) atoms. The van der Waals surface area contributed by atoms with Gasteiger partial charge in [-0.05, 0) is 38.0 Å². The van der Waals surface area contributed by atoms with Crippen molar-refractivity contribution in [2.24, 2.45) is 0 Å². The van der Waals surface area contributed by atoms with Crippen molar-refractivity contribution in [3.8, 4) is 6.07 Å². The molecule has 1 aromatic carbocycles. The van der Waals surface area contributed by atoms with E-state index < -0.39 is 23.1 Å². The molecule has 1 aromatic rings. The summed E-state index contributed by atoms with van der Waals surface area (Å²) in [4.78, 5) is 12.2. The molecule has 0 saturated carbocycles. The molecular formula is C15H17F3N2O2. The summed E-state index contributed by atoms with van der Waals surface area (Å²) >= 11 is 0. The molecule has 0 amide bonds. The normalized spacial score (nSPS) is 14.0. The van der Waals surface area contributed by atoms with Crippen molar-refractivity contribution in [3.05, 3.63) is 29.3 Å². The van der Waals surface area contributed by atoms with Gasteiger partial charge in [0.05, 0.1) is 23.7 Å². The van der Waals surface area contributed by atoms with Crippen molar-refractivity contribution >= 4 is 11.7 Å². The molecule has 1 unspecified atom stereocenters. The second-order valence-electron chi connectivity index (χ2n) is 5.01. The molecule has 0 aliphatic carbocycles. The highest BCUT2D eigenvalue weighted by Crippen LogP contribution is 2.38. The molecule has 2 N–H and O–H groups in total. The van der Waals surface area contributed by atoms with E-state index in [2.05, 4.69) is 0 Å². The molecule has 120 valence electrons. The molecule has 1 rings (SSSR count). The Labute approximate surface area is 126 Å². The van der Waals surface area contributed by atoms with Crippen molar-refractivity contribution in [1.29, 1.82) is 5.26 Å². The van der Waals surface area contributed by atoms with Crippen molar-refractivity contribution in [1.82, 2.24) is 0 Å².